The van der Waals surface area contributed by atoms with Gasteiger partial charge in [-0.2, -0.15) is 0 Å². The molecule has 132 valence electrons. The molecule has 0 bridgehead atoms. The van der Waals surface area contributed by atoms with Crippen molar-refractivity contribution >= 4 is 40.0 Å². The number of fused-ring (bicyclic) bond motifs is 4. The van der Waals surface area contributed by atoms with Crippen molar-refractivity contribution in [2.24, 2.45) is 0 Å². The molecule has 1 aliphatic heterocycles. The van der Waals surface area contributed by atoms with Crippen LogP contribution in [0.1, 0.15) is 15.9 Å². The van der Waals surface area contributed by atoms with E-state index in [1.165, 1.54) is 4.57 Å². The molecule has 3 heterocycles. The highest BCUT2D eigenvalue weighted by Gasteiger charge is 2.33. The molecule has 5 rings (SSSR count). The average molecular weight is 395 g/mol. The molecule has 4 aromatic rings. The number of para-hydroxylation sites is 1. The average Bonchev–Trinajstić information content (AvgIpc) is 3.22. The van der Waals surface area contributed by atoms with Gasteiger partial charge in [0.15, 0.2) is 0 Å². The van der Waals surface area contributed by atoms with Gasteiger partial charge in [-0.15, -0.1) is 0 Å². The van der Waals surface area contributed by atoms with Crippen LogP contribution in [0, 0.1) is 0 Å². The van der Waals surface area contributed by atoms with Crippen molar-refractivity contribution in [1.82, 2.24) is 9.13 Å². The van der Waals surface area contributed by atoms with Gasteiger partial charge in [-0.3, -0.25) is 14.2 Å². The van der Waals surface area contributed by atoms with E-state index < -0.39 is 0 Å². The Morgan fingerprint density at radius 3 is 2.56 bits per heavy atom. The van der Waals surface area contributed by atoms with Crippen molar-refractivity contribution in [2.75, 3.05) is 0 Å². The Morgan fingerprint density at radius 2 is 1.74 bits per heavy atom. The van der Waals surface area contributed by atoms with Crippen LogP contribution in [0.3, 0.4) is 0 Å². The lowest BCUT2D eigenvalue weighted by atomic mass is 10.1. The van der Waals surface area contributed by atoms with Crippen LogP contribution in [-0.4, -0.2) is 15.0 Å². The monoisotopic (exact) mass is 394 g/mol. The van der Waals surface area contributed by atoms with Gasteiger partial charge in [0.25, 0.3) is 5.91 Å². The summed E-state index contributed by atoms with van der Waals surface area (Å²) in [6, 6.07) is 16.3. The van der Waals surface area contributed by atoms with Crippen LogP contribution >= 0.6 is 23.2 Å². The summed E-state index contributed by atoms with van der Waals surface area (Å²) in [7, 11) is 0. The molecule has 0 amide bonds. The Kier molecular flexibility index (Phi) is 3.54. The maximum atomic E-state index is 13.1. The van der Waals surface area contributed by atoms with Gasteiger partial charge in [0.05, 0.1) is 21.9 Å². The second kappa shape index (κ2) is 5.84. The number of carbonyl (C=O) groups excluding carboxylic acids is 1. The first-order valence-corrected chi connectivity index (χ1v) is 9.14. The molecule has 0 spiro atoms. The number of nitrogens with zero attached hydrogens (tertiary/aromatic N) is 2. The first kappa shape index (κ1) is 16.4. The van der Waals surface area contributed by atoms with Gasteiger partial charge >= 0.3 is 0 Å². The Morgan fingerprint density at radius 1 is 0.926 bits per heavy atom. The van der Waals surface area contributed by atoms with Crippen LogP contribution in [-0.2, 0) is 6.54 Å². The molecule has 1 aliphatic rings. The fourth-order valence-electron chi connectivity index (χ4n) is 3.77. The number of rotatable bonds is 2. The molecule has 0 unspecified atom stereocenters. The summed E-state index contributed by atoms with van der Waals surface area (Å²) in [5.41, 5.74) is 2.74. The Bertz CT molecular complexity index is 1320. The van der Waals surface area contributed by atoms with Crippen LogP contribution in [0.4, 0.5) is 0 Å². The summed E-state index contributed by atoms with van der Waals surface area (Å²) in [6.07, 6.45) is 1.67. The molecule has 4 nitrogen and oxygen atoms in total. The largest absolute Gasteiger partial charge is 0.333 e. The number of hydrogen-bond donors (Lipinski definition) is 0. The van der Waals surface area contributed by atoms with Gasteiger partial charge in [0.1, 0.15) is 5.56 Å². The van der Waals surface area contributed by atoms with E-state index in [1.54, 1.807) is 36.5 Å². The predicted octanol–water partition coefficient (Wildman–Crippen LogP) is 4.83. The van der Waals surface area contributed by atoms with E-state index in [2.05, 4.69) is 0 Å². The summed E-state index contributed by atoms with van der Waals surface area (Å²) in [4.78, 5) is 25.9. The molecule has 0 saturated carbocycles. The number of pyridine rings is 1. The first-order valence-electron chi connectivity index (χ1n) is 8.38. The molecule has 0 atom stereocenters. The van der Waals surface area contributed by atoms with E-state index >= 15 is 0 Å². The topological polar surface area (TPSA) is 44.0 Å². The minimum absolute atomic E-state index is 0.183. The Hall–Kier alpha value is -2.82. The summed E-state index contributed by atoms with van der Waals surface area (Å²) in [6.45, 7) is 0.432. The molecule has 0 N–H and O–H groups in total. The zero-order valence-corrected chi connectivity index (χ0v) is 15.5. The highest BCUT2D eigenvalue weighted by atomic mass is 35.5. The van der Waals surface area contributed by atoms with E-state index in [-0.39, 0.29) is 16.9 Å². The maximum Gasteiger partial charge on any atom is 0.268 e. The lowest BCUT2D eigenvalue weighted by Gasteiger charge is -2.17. The molecule has 2 aromatic heterocycles. The van der Waals surface area contributed by atoms with Crippen molar-refractivity contribution < 1.29 is 4.79 Å². The van der Waals surface area contributed by atoms with E-state index in [0.717, 1.165) is 5.56 Å². The minimum Gasteiger partial charge on any atom is -0.333 e. The van der Waals surface area contributed by atoms with Crippen LogP contribution in [0.25, 0.3) is 22.3 Å². The number of carbonyl (C=O) groups is 1. The minimum atomic E-state index is -0.309. The Labute approximate surface area is 164 Å². The maximum absolute atomic E-state index is 13.1. The lowest BCUT2D eigenvalue weighted by Crippen LogP contribution is -2.20. The van der Waals surface area contributed by atoms with Crippen LogP contribution < -0.4 is 5.43 Å². The number of benzene rings is 2. The van der Waals surface area contributed by atoms with Gasteiger partial charge in [0.2, 0.25) is 5.43 Å². The first-order chi connectivity index (χ1) is 13.1. The van der Waals surface area contributed by atoms with E-state index in [0.29, 0.717) is 38.9 Å². The summed E-state index contributed by atoms with van der Waals surface area (Å²) in [5.74, 6) is -0.309. The molecule has 0 aliphatic carbocycles. The lowest BCUT2D eigenvalue weighted by molar-refractivity contribution is 0.0968. The van der Waals surface area contributed by atoms with Gasteiger partial charge < -0.3 is 4.57 Å². The second-order valence-corrected chi connectivity index (χ2v) is 7.32. The summed E-state index contributed by atoms with van der Waals surface area (Å²) in [5, 5.41) is 1.52. The number of aromatic nitrogens is 2. The highest BCUT2D eigenvalue weighted by molar-refractivity contribution is 6.35. The summed E-state index contributed by atoms with van der Waals surface area (Å²) < 4.78 is 3.45. The van der Waals surface area contributed by atoms with Crippen molar-refractivity contribution in [3.63, 3.8) is 0 Å². The SMILES string of the molecule is O=C1c2c(n(Cc3cccc(Cl)c3)c3c(Cl)cccc3c2=O)-c2cccn21. The van der Waals surface area contributed by atoms with Gasteiger partial charge in [0, 0.05) is 23.2 Å². The smallest absolute Gasteiger partial charge is 0.268 e. The van der Waals surface area contributed by atoms with Crippen molar-refractivity contribution in [2.45, 2.75) is 6.54 Å². The summed E-state index contributed by atoms with van der Waals surface area (Å²) >= 11 is 12.6. The van der Waals surface area contributed by atoms with Crippen LogP contribution in [0.2, 0.25) is 10.0 Å². The van der Waals surface area contributed by atoms with E-state index in [1.807, 2.05) is 28.8 Å². The fraction of sp³-hybridized carbons (Fsp3) is 0.0476. The van der Waals surface area contributed by atoms with Crippen molar-refractivity contribution in [1.29, 1.82) is 0 Å². The standard InChI is InChI=1S/C21H12Cl2N2O2/c22-13-5-1-4-12(10-13)11-25-18-14(6-2-7-15(18)23)20(26)17-19(25)16-8-3-9-24(16)21(17)27/h1-10H,11H2. The molecule has 0 fully saturated rings. The second-order valence-electron chi connectivity index (χ2n) is 6.47. The normalized spacial score (nSPS) is 12.4. The zero-order chi connectivity index (χ0) is 18.7. The molecule has 6 heteroatoms. The molecule has 27 heavy (non-hydrogen) atoms. The number of halogens is 2. The zero-order valence-electron chi connectivity index (χ0n) is 13.9. The third-order valence-electron chi connectivity index (χ3n) is 4.89. The van der Waals surface area contributed by atoms with Crippen molar-refractivity contribution in [3.8, 4) is 11.4 Å². The predicted molar refractivity (Wildman–Crippen MR) is 107 cm³/mol. The number of hydrogen-bond acceptors (Lipinski definition) is 2. The van der Waals surface area contributed by atoms with Gasteiger partial charge in [-0.25, -0.2) is 0 Å². The fourth-order valence-corrected chi connectivity index (χ4v) is 4.26. The van der Waals surface area contributed by atoms with Crippen molar-refractivity contribution in [3.05, 3.63) is 92.2 Å². The highest BCUT2D eigenvalue weighted by Crippen LogP contribution is 2.35. The molecular weight excluding hydrogens is 383 g/mol. The van der Waals surface area contributed by atoms with E-state index in [4.69, 9.17) is 23.2 Å². The van der Waals surface area contributed by atoms with E-state index in [9.17, 15) is 9.59 Å². The molecule has 0 saturated heterocycles. The van der Waals surface area contributed by atoms with Gasteiger partial charge in [-0.05, 0) is 42.0 Å². The van der Waals surface area contributed by atoms with Crippen LogP contribution in [0.15, 0.2) is 65.6 Å². The van der Waals surface area contributed by atoms with Gasteiger partial charge in [-0.1, -0.05) is 41.4 Å². The molecule has 2 aromatic carbocycles. The molecule has 0 radical (unpaired) electrons. The molecular formula is C21H12Cl2N2O2. The quantitative estimate of drug-likeness (QED) is 0.430. The third kappa shape index (κ3) is 2.30. The third-order valence-corrected chi connectivity index (χ3v) is 5.43. The van der Waals surface area contributed by atoms with Crippen LogP contribution in [0.5, 0.6) is 0 Å². The Balaban J connectivity index is 1.92.